The number of alkyl halides is 3. The van der Waals surface area contributed by atoms with Crippen LogP contribution in [0, 0.1) is 0 Å². The van der Waals surface area contributed by atoms with Crippen molar-refractivity contribution in [2.75, 3.05) is 10.6 Å². The van der Waals surface area contributed by atoms with Crippen LogP contribution in [0.3, 0.4) is 0 Å². The Balaban J connectivity index is 1.81. The van der Waals surface area contributed by atoms with Crippen molar-refractivity contribution in [1.82, 2.24) is 10.1 Å². The molecule has 0 spiro atoms. The predicted octanol–water partition coefficient (Wildman–Crippen LogP) is 5.70. The number of amides is 2. The highest BCUT2D eigenvalue weighted by Crippen LogP contribution is 2.38. The Morgan fingerprint density at radius 1 is 1.00 bits per heavy atom. The zero-order valence-electron chi connectivity index (χ0n) is 16.0. The van der Waals surface area contributed by atoms with Crippen LogP contribution in [-0.2, 0) is 11.6 Å². The lowest BCUT2D eigenvalue weighted by molar-refractivity contribution is -0.137. The third kappa shape index (κ3) is 4.92. The number of hydrogen-bond acceptors (Lipinski definition) is 4. The Morgan fingerprint density at radius 3 is 2.28 bits per heavy atom. The highest BCUT2D eigenvalue weighted by Gasteiger charge is 2.34. The van der Waals surface area contributed by atoms with Gasteiger partial charge >= 0.3 is 12.2 Å². The number of anilines is 2. The Bertz CT molecular complexity index is 1010. The summed E-state index contributed by atoms with van der Waals surface area (Å²) in [6.45, 7) is 5.75. The standard InChI is InChI=1S/C20H19F3N4O2/c1-19(2,3)16-11-17(27-29-16)26-18(28)25-13-4-5-14(12-6-8-24-9-7-12)15(10-13)20(21,22)23/h4-11H,1-3H3,(H2,25,26,27,28). The molecule has 2 heterocycles. The van der Waals surface area contributed by atoms with Crippen LogP contribution in [-0.4, -0.2) is 16.2 Å². The molecule has 0 aliphatic rings. The Hall–Kier alpha value is -3.36. The van der Waals surface area contributed by atoms with Crippen molar-refractivity contribution < 1.29 is 22.5 Å². The molecule has 0 saturated carbocycles. The third-order valence-electron chi connectivity index (χ3n) is 4.07. The van der Waals surface area contributed by atoms with Crippen LogP contribution in [0.15, 0.2) is 53.3 Å². The SMILES string of the molecule is CC(C)(C)c1cc(NC(=O)Nc2ccc(-c3ccncc3)c(C(F)(F)F)c2)no1. The average molecular weight is 404 g/mol. The number of urea groups is 1. The molecule has 0 aliphatic carbocycles. The summed E-state index contributed by atoms with van der Waals surface area (Å²) in [4.78, 5) is 16.0. The first kappa shape index (κ1) is 20.4. The van der Waals surface area contributed by atoms with E-state index in [1.54, 1.807) is 6.07 Å². The van der Waals surface area contributed by atoms with Crippen LogP contribution >= 0.6 is 0 Å². The fourth-order valence-corrected chi connectivity index (χ4v) is 2.61. The number of hydrogen-bond donors (Lipinski definition) is 2. The minimum absolute atomic E-state index is 0.00261. The van der Waals surface area contributed by atoms with Crippen molar-refractivity contribution in [3.8, 4) is 11.1 Å². The quantitative estimate of drug-likeness (QED) is 0.587. The molecule has 152 valence electrons. The number of aromatic nitrogens is 2. The fourth-order valence-electron chi connectivity index (χ4n) is 2.61. The van der Waals surface area contributed by atoms with E-state index in [-0.39, 0.29) is 22.5 Å². The van der Waals surface area contributed by atoms with Gasteiger partial charge < -0.3 is 9.84 Å². The van der Waals surface area contributed by atoms with E-state index in [0.717, 1.165) is 6.07 Å². The van der Waals surface area contributed by atoms with Crippen LogP contribution in [0.25, 0.3) is 11.1 Å². The molecule has 3 aromatic rings. The van der Waals surface area contributed by atoms with E-state index in [1.807, 2.05) is 20.8 Å². The lowest BCUT2D eigenvalue weighted by Crippen LogP contribution is -2.20. The second-order valence-electron chi connectivity index (χ2n) is 7.40. The molecule has 2 N–H and O–H groups in total. The summed E-state index contributed by atoms with van der Waals surface area (Å²) in [5, 5.41) is 8.57. The molecule has 29 heavy (non-hydrogen) atoms. The second-order valence-corrected chi connectivity index (χ2v) is 7.40. The summed E-state index contributed by atoms with van der Waals surface area (Å²) in [5.41, 5.74) is -0.795. The second kappa shape index (κ2) is 7.57. The normalized spacial score (nSPS) is 11.9. The van der Waals surface area contributed by atoms with Crippen LogP contribution in [0.4, 0.5) is 29.5 Å². The highest BCUT2D eigenvalue weighted by molar-refractivity contribution is 5.99. The molecule has 0 fully saturated rings. The van der Waals surface area contributed by atoms with Gasteiger partial charge in [0, 0.05) is 29.6 Å². The summed E-state index contributed by atoms with van der Waals surface area (Å²) in [6, 6.07) is 7.40. The number of carbonyl (C=O) groups is 1. The van der Waals surface area contributed by atoms with Crippen molar-refractivity contribution in [2.24, 2.45) is 0 Å². The van der Waals surface area contributed by atoms with Gasteiger partial charge in [0.25, 0.3) is 0 Å². The predicted molar refractivity (Wildman–Crippen MR) is 103 cm³/mol. The van der Waals surface area contributed by atoms with Crippen molar-refractivity contribution in [3.63, 3.8) is 0 Å². The van der Waals surface area contributed by atoms with Gasteiger partial charge in [-0.3, -0.25) is 10.3 Å². The number of rotatable bonds is 3. The van der Waals surface area contributed by atoms with E-state index in [0.29, 0.717) is 11.3 Å². The van der Waals surface area contributed by atoms with Crippen molar-refractivity contribution in [3.05, 3.63) is 60.1 Å². The van der Waals surface area contributed by atoms with E-state index >= 15 is 0 Å². The van der Waals surface area contributed by atoms with E-state index in [2.05, 4.69) is 20.8 Å². The van der Waals surface area contributed by atoms with Crippen molar-refractivity contribution in [2.45, 2.75) is 32.4 Å². The average Bonchev–Trinajstić information content (AvgIpc) is 3.10. The van der Waals surface area contributed by atoms with Crippen molar-refractivity contribution >= 4 is 17.5 Å². The summed E-state index contributed by atoms with van der Waals surface area (Å²) in [6.07, 6.45) is -1.77. The number of benzene rings is 1. The monoisotopic (exact) mass is 404 g/mol. The first-order valence-corrected chi connectivity index (χ1v) is 8.71. The van der Waals surface area contributed by atoms with Gasteiger partial charge in [0.05, 0.1) is 5.56 Å². The Labute approximate surface area is 165 Å². The molecule has 0 bridgehead atoms. The molecular weight excluding hydrogens is 385 g/mol. The molecule has 2 aromatic heterocycles. The highest BCUT2D eigenvalue weighted by atomic mass is 19.4. The van der Waals surface area contributed by atoms with Gasteiger partial charge in [-0.05, 0) is 35.4 Å². The molecule has 6 nitrogen and oxygen atoms in total. The van der Waals surface area contributed by atoms with Gasteiger partial charge in [-0.2, -0.15) is 13.2 Å². The van der Waals surface area contributed by atoms with Gasteiger partial charge in [0.2, 0.25) is 0 Å². The lowest BCUT2D eigenvalue weighted by atomic mass is 9.93. The Kier molecular flexibility index (Phi) is 5.32. The van der Waals surface area contributed by atoms with E-state index < -0.39 is 17.8 Å². The van der Waals surface area contributed by atoms with Gasteiger partial charge in [-0.15, -0.1) is 0 Å². The zero-order chi connectivity index (χ0) is 21.2. The maximum atomic E-state index is 13.5. The molecular formula is C20H19F3N4O2. The smallest absolute Gasteiger partial charge is 0.359 e. The fraction of sp³-hybridized carbons (Fsp3) is 0.250. The molecule has 0 atom stereocenters. The molecule has 0 radical (unpaired) electrons. The number of halogens is 3. The first-order chi connectivity index (χ1) is 13.5. The van der Waals surface area contributed by atoms with E-state index in [4.69, 9.17) is 4.52 Å². The topological polar surface area (TPSA) is 80.0 Å². The number of nitrogens with zero attached hydrogens (tertiary/aromatic N) is 2. The van der Waals surface area contributed by atoms with E-state index in [1.165, 1.54) is 36.7 Å². The minimum atomic E-state index is -4.60. The van der Waals surface area contributed by atoms with Gasteiger partial charge in [-0.1, -0.05) is 32.0 Å². The molecule has 2 amide bonds. The van der Waals surface area contributed by atoms with Crippen molar-refractivity contribution in [1.29, 1.82) is 0 Å². The molecule has 0 unspecified atom stereocenters. The van der Waals surface area contributed by atoms with E-state index in [9.17, 15) is 18.0 Å². The number of carbonyl (C=O) groups excluding carboxylic acids is 1. The van der Waals surface area contributed by atoms with Crippen LogP contribution in [0.1, 0.15) is 32.1 Å². The maximum absolute atomic E-state index is 13.5. The third-order valence-corrected chi connectivity index (χ3v) is 4.07. The molecule has 0 saturated heterocycles. The van der Waals surface area contributed by atoms with Gasteiger partial charge in [0.1, 0.15) is 5.76 Å². The number of pyridine rings is 1. The lowest BCUT2D eigenvalue weighted by Gasteiger charge is -2.15. The van der Waals surface area contributed by atoms with Crippen LogP contribution in [0.2, 0.25) is 0 Å². The molecule has 0 aliphatic heterocycles. The van der Waals surface area contributed by atoms with Crippen LogP contribution < -0.4 is 10.6 Å². The first-order valence-electron chi connectivity index (χ1n) is 8.71. The molecule has 9 heteroatoms. The largest absolute Gasteiger partial charge is 0.417 e. The minimum Gasteiger partial charge on any atom is -0.359 e. The summed E-state index contributed by atoms with van der Waals surface area (Å²) in [7, 11) is 0. The maximum Gasteiger partial charge on any atom is 0.417 e. The van der Waals surface area contributed by atoms with Gasteiger partial charge in [0.15, 0.2) is 5.82 Å². The number of nitrogens with one attached hydrogen (secondary N) is 2. The summed E-state index contributed by atoms with van der Waals surface area (Å²) in [5.74, 6) is 0.728. The molecule has 1 aromatic carbocycles. The summed E-state index contributed by atoms with van der Waals surface area (Å²) >= 11 is 0. The zero-order valence-corrected chi connectivity index (χ0v) is 16.0. The summed E-state index contributed by atoms with van der Waals surface area (Å²) < 4.78 is 45.8. The van der Waals surface area contributed by atoms with Crippen LogP contribution in [0.5, 0.6) is 0 Å². The van der Waals surface area contributed by atoms with Gasteiger partial charge in [-0.25, -0.2) is 4.79 Å². The molecule has 3 rings (SSSR count). The Morgan fingerprint density at radius 2 is 1.69 bits per heavy atom.